The maximum atomic E-state index is 11.2. The van der Waals surface area contributed by atoms with Crippen molar-refractivity contribution in [1.82, 2.24) is 4.98 Å². The van der Waals surface area contributed by atoms with Crippen LogP contribution in [0.2, 0.25) is 0 Å². The quantitative estimate of drug-likeness (QED) is 0.109. The number of pyridine rings is 1. The number of anilines is 6. The van der Waals surface area contributed by atoms with Crippen molar-refractivity contribution in [3.05, 3.63) is 171 Å². The van der Waals surface area contributed by atoms with Crippen molar-refractivity contribution in [2.45, 2.75) is 182 Å². The van der Waals surface area contributed by atoms with Gasteiger partial charge in [-0.25, -0.2) is 19.4 Å². The van der Waals surface area contributed by atoms with E-state index in [1.54, 1.807) is 36.4 Å². The fourth-order valence-electron chi connectivity index (χ4n) is 12.2. The van der Waals surface area contributed by atoms with E-state index in [9.17, 15) is 14.4 Å². The molecule has 3 aliphatic rings. The number of carboxylic acid groups (broad SMARTS) is 3. The maximum Gasteiger partial charge on any atom is 0.337 e. The molecule has 0 aliphatic heterocycles. The zero-order valence-corrected chi connectivity index (χ0v) is 50.2. The van der Waals surface area contributed by atoms with Gasteiger partial charge in [-0.3, -0.25) is 0 Å². The van der Waals surface area contributed by atoms with Crippen molar-refractivity contribution in [2.75, 3.05) is 34.3 Å². The first-order chi connectivity index (χ1) is 36.9. The van der Waals surface area contributed by atoms with Crippen LogP contribution in [0, 0.1) is 6.92 Å². The Balaban J connectivity index is 0.000000172. The number of aromatic carboxylic acids is 3. The first-order valence-electron chi connectivity index (χ1n) is 28.5. The van der Waals surface area contributed by atoms with Gasteiger partial charge in [0, 0.05) is 54.3 Å². The first-order valence-corrected chi connectivity index (χ1v) is 28.5. The molecule has 0 fully saturated rings. The van der Waals surface area contributed by atoms with Gasteiger partial charge in [0.05, 0.1) is 16.7 Å². The molecule has 10 heteroatoms. The Morgan fingerprint density at radius 3 is 1.06 bits per heavy atom. The average Bonchev–Trinajstić information content (AvgIpc) is 3.61. The van der Waals surface area contributed by atoms with Crippen molar-refractivity contribution in [3.8, 4) is 0 Å². The summed E-state index contributed by atoms with van der Waals surface area (Å²) < 4.78 is 0. The molecule has 1 heterocycles. The van der Waals surface area contributed by atoms with Crippen LogP contribution in [0.15, 0.2) is 115 Å². The summed E-state index contributed by atoms with van der Waals surface area (Å²) in [6, 6.07) is 36.0. The summed E-state index contributed by atoms with van der Waals surface area (Å²) in [6.45, 7) is 39.0. The molecule has 0 spiro atoms. The van der Waals surface area contributed by atoms with Crippen LogP contribution < -0.4 is 14.7 Å². The Labute approximate surface area is 471 Å². The number of hydrogen-bond acceptors (Lipinski definition) is 7. The second-order valence-electron chi connectivity index (χ2n) is 26.1. The molecule has 3 N–H and O–H groups in total. The summed E-state index contributed by atoms with van der Waals surface area (Å²) in [5, 5.41) is 27.3. The fraction of sp³-hybridized carbons (Fsp3) is 0.449. The lowest BCUT2D eigenvalue weighted by Crippen LogP contribution is -2.34. The third-order valence-electron chi connectivity index (χ3n) is 17.8. The molecule has 79 heavy (non-hydrogen) atoms. The zero-order chi connectivity index (χ0) is 58.2. The van der Waals surface area contributed by atoms with Crippen LogP contribution in [0.25, 0.3) is 0 Å². The van der Waals surface area contributed by atoms with Crippen LogP contribution in [-0.2, 0) is 32.5 Å². The number of carboxylic acids is 3. The molecule has 0 unspecified atom stereocenters. The predicted octanol–water partition coefficient (Wildman–Crippen LogP) is 17.4. The number of aromatic nitrogens is 1. The summed E-state index contributed by atoms with van der Waals surface area (Å²) in [4.78, 5) is 44.3. The SMILES string of the molecule is CCN(c1ccc(C(=O)O)cc1)c1cc2c(cc1C)C(C)(C)CCC2(C)C.CCN(c1ccc(C(=O)O)cc1)c1ccc2c(c1)C(C)(C)CCC2(C)C.CCN(c1ccc2c(c1)C(C)(C)CCC2(C)C)c1ccc(C(=O)O)cn1. The number of fused-ring (bicyclic) bond motifs is 3. The third-order valence-corrected chi connectivity index (χ3v) is 17.8. The van der Waals surface area contributed by atoms with Crippen molar-refractivity contribution in [3.63, 3.8) is 0 Å². The van der Waals surface area contributed by atoms with E-state index in [1.807, 2.05) is 24.3 Å². The molecule has 420 valence electrons. The molecule has 0 radical (unpaired) electrons. The Hall–Kier alpha value is -6.94. The van der Waals surface area contributed by atoms with Crippen molar-refractivity contribution in [1.29, 1.82) is 0 Å². The van der Waals surface area contributed by atoms with Gasteiger partial charge >= 0.3 is 17.9 Å². The molecule has 9 rings (SSSR count). The van der Waals surface area contributed by atoms with Gasteiger partial charge in [-0.1, -0.05) is 101 Å². The normalized spacial score (nSPS) is 17.4. The van der Waals surface area contributed by atoms with E-state index in [0.29, 0.717) is 11.1 Å². The standard InChI is InChI=1S/C24H31NO2.C23H29NO2.C22H28N2O2/c1-7-25(18-10-8-17(9-11-18)22(26)27)21-15-20-19(14-16(21)2)23(3,4)12-13-24(20,5)6;1-6-24(17-9-7-16(8-10-17)21(25)26)18-11-12-19-20(15-18)23(4,5)14-13-22(19,2)3;1-6-24(19-10-7-15(14-23-19)20(25)26)16-8-9-17-18(13-16)22(4,5)12-11-21(17,2)3/h8-11,14-15H,7,12-13H2,1-6H3,(H,26,27);7-12,15H,6,13-14H2,1-5H3,(H,25,26);7-10,13-14H,6,11-12H2,1-5H3,(H,25,26). The minimum absolute atomic E-state index is 0.154. The monoisotopic (exact) mass is 1070 g/mol. The molecule has 0 atom stereocenters. The molecule has 0 saturated carbocycles. The summed E-state index contributed by atoms with van der Waals surface area (Å²) in [6.07, 6.45) is 8.59. The van der Waals surface area contributed by atoms with Crippen LogP contribution in [0.3, 0.4) is 0 Å². The number of rotatable bonds is 12. The highest BCUT2D eigenvalue weighted by Gasteiger charge is 2.40. The van der Waals surface area contributed by atoms with Gasteiger partial charge in [-0.15, -0.1) is 0 Å². The average molecular weight is 1070 g/mol. The molecule has 6 aromatic rings. The van der Waals surface area contributed by atoms with Crippen molar-refractivity contribution >= 4 is 52.2 Å². The molecular weight excluding hydrogens is 981 g/mol. The van der Waals surface area contributed by atoms with Crippen LogP contribution in [-0.4, -0.2) is 57.8 Å². The highest BCUT2D eigenvalue weighted by Crippen LogP contribution is 2.50. The lowest BCUT2D eigenvalue weighted by Gasteiger charge is -2.43. The third kappa shape index (κ3) is 12.6. The molecule has 0 bridgehead atoms. The van der Waals surface area contributed by atoms with Crippen LogP contribution in [0.1, 0.15) is 212 Å². The summed E-state index contributed by atoms with van der Waals surface area (Å²) in [5.41, 5.74) is 17.4. The minimum Gasteiger partial charge on any atom is -0.478 e. The van der Waals surface area contributed by atoms with Gasteiger partial charge in [0.25, 0.3) is 0 Å². The highest BCUT2D eigenvalue weighted by atomic mass is 16.4. The molecular formula is C69H88N4O6. The summed E-state index contributed by atoms with van der Waals surface area (Å²) in [7, 11) is 0. The number of nitrogens with zero attached hydrogens (tertiary/aromatic N) is 4. The fourth-order valence-corrected chi connectivity index (χ4v) is 12.2. The molecule has 0 saturated heterocycles. The first kappa shape index (κ1) is 59.7. The van der Waals surface area contributed by atoms with Gasteiger partial charge in [0.2, 0.25) is 0 Å². The Morgan fingerprint density at radius 2 is 0.709 bits per heavy atom. The van der Waals surface area contributed by atoms with E-state index >= 15 is 0 Å². The summed E-state index contributed by atoms with van der Waals surface area (Å²) in [5.74, 6) is -1.97. The van der Waals surface area contributed by atoms with Gasteiger partial charge < -0.3 is 30.0 Å². The molecule has 3 aliphatic carbocycles. The Bertz CT molecular complexity index is 3040. The lowest BCUT2D eigenvalue weighted by molar-refractivity contribution is 0.0685. The van der Waals surface area contributed by atoms with E-state index in [4.69, 9.17) is 15.3 Å². The predicted molar refractivity (Wildman–Crippen MR) is 326 cm³/mol. The Morgan fingerprint density at radius 1 is 0.392 bits per heavy atom. The zero-order valence-electron chi connectivity index (χ0n) is 50.2. The second-order valence-corrected chi connectivity index (χ2v) is 26.1. The van der Waals surface area contributed by atoms with Crippen LogP contribution >= 0.6 is 0 Å². The maximum absolute atomic E-state index is 11.2. The van der Waals surface area contributed by atoms with E-state index in [-0.39, 0.29) is 38.1 Å². The van der Waals surface area contributed by atoms with Crippen LogP contribution in [0.4, 0.5) is 34.3 Å². The van der Waals surface area contributed by atoms with Gasteiger partial charge in [-0.2, -0.15) is 0 Å². The molecule has 5 aromatic carbocycles. The van der Waals surface area contributed by atoms with E-state index in [1.165, 1.54) is 95.0 Å². The topological polar surface area (TPSA) is 135 Å². The van der Waals surface area contributed by atoms with Crippen LogP contribution in [0.5, 0.6) is 0 Å². The smallest absolute Gasteiger partial charge is 0.337 e. The second kappa shape index (κ2) is 22.7. The van der Waals surface area contributed by atoms with E-state index in [2.05, 4.69) is 179 Å². The van der Waals surface area contributed by atoms with Gasteiger partial charge in [0.1, 0.15) is 5.82 Å². The molecule has 10 nitrogen and oxygen atoms in total. The lowest BCUT2D eigenvalue weighted by atomic mass is 9.63. The minimum atomic E-state index is -0.954. The Kier molecular flexibility index (Phi) is 17.1. The highest BCUT2D eigenvalue weighted by molar-refractivity contribution is 5.89. The number of aryl methyl sites for hydroxylation is 1. The van der Waals surface area contributed by atoms with E-state index < -0.39 is 17.9 Å². The number of benzene rings is 5. The van der Waals surface area contributed by atoms with Gasteiger partial charge in [-0.05, 0) is 229 Å². The molecule has 1 aromatic heterocycles. The number of carbonyl (C=O) groups is 3. The van der Waals surface area contributed by atoms with E-state index in [0.717, 1.165) is 42.5 Å². The van der Waals surface area contributed by atoms with Crippen molar-refractivity contribution in [2.24, 2.45) is 0 Å². The number of hydrogen-bond donors (Lipinski definition) is 3. The molecule has 0 amide bonds. The largest absolute Gasteiger partial charge is 0.478 e. The van der Waals surface area contributed by atoms with Gasteiger partial charge in [0.15, 0.2) is 0 Å². The van der Waals surface area contributed by atoms with Crippen molar-refractivity contribution < 1.29 is 29.7 Å². The summed E-state index contributed by atoms with van der Waals surface area (Å²) >= 11 is 0.